The zero-order chi connectivity index (χ0) is 20.8. The smallest absolute Gasteiger partial charge is 0.298 e. The Balaban J connectivity index is 2.29. The lowest BCUT2D eigenvalue weighted by atomic mass is 9.81. The summed E-state index contributed by atoms with van der Waals surface area (Å²) in [6.07, 6.45) is -4.79. The molecule has 1 aliphatic carbocycles. The van der Waals surface area contributed by atoms with E-state index < -0.39 is 52.3 Å². The Hall–Kier alpha value is -2.84. The molecule has 0 spiro atoms. The van der Waals surface area contributed by atoms with E-state index in [-0.39, 0.29) is 30.3 Å². The van der Waals surface area contributed by atoms with Gasteiger partial charge in [0.25, 0.3) is 5.56 Å². The molecule has 6 nitrogen and oxygen atoms in total. The number of ketones is 3. The van der Waals surface area contributed by atoms with Crippen molar-refractivity contribution in [3.8, 4) is 0 Å². The van der Waals surface area contributed by atoms with Crippen LogP contribution in [0.25, 0.3) is 11.0 Å². The molecular formula is C19H17F3N2O4. The quantitative estimate of drug-likeness (QED) is 0.590. The minimum Gasteiger partial charge on any atom is -0.298 e. The summed E-state index contributed by atoms with van der Waals surface area (Å²) in [6, 6.07) is 2.93. The van der Waals surface area contributed by atoms with Gasteiger partial charge in [0.2, 0.25) is 0 Å². The van der Waals surface area contributed by atoms with Crippen molar-refractivity contribution in [3.05, 3.63) is 39.8 Å². The molecule has 0 aromatic carbocycles. The Bertz CT molecular complexity index is 1040. The minimum atomic E-state index is -5.01. The van der Waals surface area contributed by atoms with Gasteiger partial charge in [-0.05, 0) is 32.4 Å². The van der Waals surface area contributed by atoms with Crippen LogP contribution in [0.5, 0.6) is 0 Å². The van der Waals surface area contributed by atoms with Crippen molar-refractivity contribution in [1.29, 1.82) is 0 Å². The van der Waals surface area contributed by atoms with Crippen LogP contribution in [0.2, 0.25) is 0 Å². The number of nitrogens with zero attached hydrogens (tertiary/aromatic N) is 2. The molecule has 148 valence electrons. The zero-order valence-corrected chi connectivity index (χ0v) is 15.2. The minimum absolute atomic E-state index is 0.0304. The van der Waals surface area contributed by atoms with Gasteiger partial charge >= 0.3 is 6.18 Å². The van der Waals surface area contributed by atoms with Crippen LogP contribution in [0.1, 0.15) is 55.2 Å². The number of Topliss-reactive ketones (excluding diaryl/α,β-unsaturated/α-hetero) is 3. The highest BCUT2D eigenvalue weighted by molar-refractivity contribution is 6.25. The summed E-state index contributed by atoms with van der Waals surface area (Å²) in [7, 11) is 0. The molecule has 2 heterocycles. The molecular weight excluding hydrogens is 377 g/mol. The van der Waals surface area contributed by atoms with Crippen LogP contribution in [0.15, 0.2) is 23.0 Å². The first-order chi connectivity index (χ1) is 13.0. The number of fused-ring (bicyclic) bond motifs is 1. The second-order valence-electron chi connectivity index (χ2n) is 7.01. The van der Waals surface area contributed by atoms with Gasteiger partial charge in [-0.3, -0.25) is 23.7 Å². The van der Waals surface area contributed by atoms with Crippen LogP contribution < -0.4 is 5.56 Å². The van der Waals surface area contributed by atoms with Crippen molar-refractivity contribution in [2.24, 2.45) is 5.92 Å². The number of halogens is 3. The van der Waals surface area contributed by atoms with E-state index in [1.807, 2.05) is 0 Å². The molecule has 1 saturated carbocycles. The number of carbonyl (C=O) groups excluding carboxylic acids is 3. The van der Waals surface area contributed by atoms with Gasteiger partial charge in [-0.2, -0.15) is 13.2 Å². The topological polar surface area (TPSA) is 86.1 Å². The summed E-state index contributed by atoms with van der Waals surface area (Å²) in [5, 5.41) is 0.139. The molecule has 0 amide bonds. The van der Waals surface area contributed by atoms with Gasteiger partial charge in [-0.25, -0.2) is 4.98 Å². The number of aromatic nitrogens is 2. The van der Waals surface area contributed by atoms with Gasteiger partial charge in [0.1, 0.15) is 11.6 Å². The second kappa shape index (κ2) is 6.96. The highest BCUT2D eigenvalue weighted by Crippen LogP contribution is 2.34. The van der Waals surface area contributed by atoms with E-state index in [2.05, 4.69) is 4.98 Å². The van der Waals surface area contributed by atoms with Crippen LogP contribution in [0, 0.1) is 5.92 Å². The number of carbonyl (C=O) groups is 3. The zero-order valence-electron chi connectivity index (χ0n) is 15.2. The third-order valence-corrected chi connectivity index (χ3v) is 4.70. The number of hydrogen-bond donors (Lipinski definition) is 0. The number of hydrogen-bond acceptors (Lipinski definition) is 5. The molecule has 2 aromatic rings. The van der Waals surface area contributed by atoms with E-state index in [4.69, 9.17) is 0 Å². The maximum Gasteiger partial charge on any atom is 0.434 e. The van der Waals surface area contributed by atoms with Crippen molar-refractivity contribution in [3.63, 3.8) is 0 Å². The summed E-state index contributed by atoms with van der Waals surface area (Å²) in [5.74, 6) is -4.29. The van der Waals surface area contributed by atoms with Gasteiger partial charge in [0, 0.05) is 30.3 Å². The summed E-state index contributed by atoms with van der Waals surface area (Å²) in [4.78, 5) is 52.5. The Kier molecular flexibility index (Phi) is 4.95. The van der Waals surface area contributed by atoms with Gasteiger partial charge < -0.3 is 0 Å². The molecule has 1 fully saturated rings. The van der Waals surface area contributed by atoms with E-state index >= 15 is 0 Å². The Morgan fingerprint density at radius 2 is 1.75 bits per heavy atom. The standard InChI is InChI=1S/C19H17F3N2O4/c1-9(2)24-14(27)7-6-10-8-11(17(19(20,21)22)23-18(10)24)16(28)15-12(25)4-3-5-13(15)26/h6-9,15H,3-5H2,1-2H3. The summed E-state index contributed by atoms with van der Waals surface area (Å²) < 4.78 is 42.1. The van der Waals surface area contributed by atoms with E-state index in [0.29, 0.717) is 0 Å². The molecule has 0 unspecified atom stereocenters. The fourth-order valence-corrected chi connectivity index (χ4v) is 3.44. The lowest BCUT2D eigenvalue weighted by Crippen LogP contribution is -2.36. The fraction of sp³-hybridized carbons (Fsp3) is 0.421. The first kappa shape index (κ1) is 19.9. The highest BCUT2D eigenvalue weighted by atomic mass is 19.4. The summed E-state index contributed by atoms with van der Waals surface area (Å²) >= 11 is 0. The Labute approximate surface area is 157 Å². The average molecular weight is 394 g/mol. The molecule has 0 aliphatic heterocycles. The number of pyridine rings is 2. The van der Waals surface area contributed by atoms with E-state index in [1.54, 1.807) is 13.8 Å². The van der Waals surface area contributed by atoms with Crippen LogP contribution >= 0.6 is 0 Å². The number of rotatable bonds is 3. The normalized spacial score (nSPS) is 16.2. The van der Waals surface area contributed by atoms with Crippen molar-refractivity contribution < 1.29 is 27.6 Å². The van der Waals surface area contributed by atoms with Crippen molar-refractivity contribution in [2.75, 3.05) is 0 Å². The predicted molar refractivity (Wildman–Crippen MR) is 93.1 cm³/mol. The SMILES string of the molecule is CC(C)n1c(=O)ccc2cc(C(=O)C3C(=O)CCCC3=O)c(C(F)(F)F)nc21. The molecule has 0 radical (unpaired) electrons. The van der Waals surface area contributed by atoms with Gasteiger partial charge in [0.05, 0.1) is 5.56 Å². The predicted octanol–water partition coefficient (Wildman–Crippen LogP) is 3.12. The maximum absolute atomic E-state index is 13.7. The Morgan fingerprint density at radius 1 is 1.14 bits per heavy atom. The molecule has 1 aliphatic rings. The third kappa shape index (κ3) is 3.36. The lowest BCUT2D eigenvalue weighted by molar-refractivity contribution is -0.142. The monoisotopic (exact) mass is 394 g/mol. The maximum atomic E-state index is 13.7. The first-order valence-corrected chi connectivity index (χ1v) is 8.75. The largest absolute Gasteiger partial charge is 0.434 e. The first-order valence-electron chi connectivity index (χ1n) is 8.75. The van der Waals surface area contributed by atoms with Crippen molar-refractivity contribution in [2.45, 2.75) is 45.3 Å². The molecule has 0 atom stereocenters. The van der Waals surface area contributed by atoms with Crippen molar-refractivity contribution in [1.82, 2.24) is 9.55 Å². The van der Waals surface area contributed by atoms with Gasteiger partial charge in [0.15, 0.2) is 23.0 Å². The highest BCUT2D eigenvalue weighted by Gasteiger charge is 2.43. The van der Waals surface area contributed by atoms with Crippen LogP contribution in [-0.2, 0) is 15.8 Å². The van der Waals surface area contributed by atoms with Gasteiger partial charge in [-0.1, -0.05) is 0 Å². The van der Waals surface area contributed by atoms with E-state index in [0.717, 1.165) is 10.6 Å². The second-order valence-corrected chi connectivity index (χ2v) is 7.01. The molecule has 9 heteroatoms. The fourth-order valence-electron chi connectivity index (χ4n) is 3.44. The van der Waals surface area contributed by atoms with Crippen LogP contribution in [-0.4, -0.2) is 26.9 Å². The van der Waals surface area contributed by atoms with Crippen LogP contribution in [0.3, 0.4) is 0 Å². The molecule has 3 rings (SSSR count). The Morgan fingerprint density at radius 3 is 2.29 bits per heavy atom. The molecule has 0 N–H and O–H groups in total. The van der Waals surface area contributed by atoms with E-state index in [9.17, 15) is 32.3 Å². The molecule has 28 heavy (non-hydrogen) atoms. The molecule has 0 saturated heterocycles. The summed E-state index contributed by atoms with van der Waals surface area (Å²) in [6.45, 7) is 3.24. The van der Waals surface area contributed by atoms with E-state index in [1.165, 1.54) is 12.1 Å². The van der Waals surface area contributed by atoms with Crippen LogP contribution in [0.4, 0.5) is 13.2 Å². The average Bonchev–Trinajstić information content (AvgIpc) is 2.59. The number of alkyl halides is 3. The lowest BCUT2D eigenvalue weighted by Gasteiger charge is -2.21. The molecule has 2 aromatic heterocycles. The molecule has 0 bridgehead atoms. The van der Waals surface area contributed by atoms with Gasteiger partial charge in [-0.15, -0.1) is 0 Å². The van der Waals surface area contributed by atoms with Crippen molar-refractivity contribution >= 4 is 28.4 Å². The third-order valence-electron chi connectivity index (χ3n) is 4.70. The summed E-state index contributed by atoms with van der Waals surface area (Å²) in [5.41, 5.74) is -3.08.